The zero-order chi connectivity index (χ0) is 12.6. The van der Waals surface area contributed by atoms with Crippen molar-refractivity contribution in [1.82, 2.24) is 9.97 Å². The summed E-state index contributed by atoms with van der Waals surface area (Å²) in [7, 11) is 0. The number of nitrogens with zero attached hydrogens (tertiary/aromatic N) is 2. The number of hydrogen-bond donors (Lipinski definition) is 1. The monoisotopic (exact) mass is 243 g/mol. The third-order valence-electron chi connectivity index (χ3n) is 3.49. The maximum Gasteiger partial charge on any atom is 0.136 e. The lowest BCUT2D eigenvalue weighted by atomic mass is 10.1. The van der Waals surface area contributed by atoms with E-state index in [9.17, 15) is 4.39 Å². The minimum atomic E-state index is -0.257. The topological polar surface area (TPSA) is 51.8 Å². The van der Waals surface area contributed by atoms with Crippen LogP contribution in [0.5, 0.6) is 0 Å². The number of halogens is 1. The van der Waals surface area contributed by atoms with E-state index >= 15 is 0 Å². The number of nitrogens with two attached hydrogens (primary N) is 1. The summed E-state index contributed by atoms with van der Waals surface area (Å²) in [5.74, 6) is 0.527. The molecule has 4 heteroatoms. The summed E-state index contributed by atoms with van der Waals surface area (Å²) < 4.78 is 13.2. The van der Waals surface area contributed by atoms with E-state index in [4.69, 9.17) is 5.73 Å². The predicted octanol–water partition coefficient (Wildman–Crippen LogP) is 2.27. The summed E-state index contributed by atoms with van der Waals surface area (Å²) in [6.45, 7) is 0.569. The summed E-state index contributed by atoms with van der Waals surface area (Å²) >= 11 is 0. The molecular weight excluding hydrogens is 229 g/mol. The fraction of sp³-hybridized carbons (Fsp3) is 0.286. The molecule has 1 fully saturated rings. The molecule has 0 aliphatic heterocycles. The van der Waals surface area contributed by atoms with Crippen molar-refractivity contribution in [3.63, 3.8) is 0 Å². The van der Waals surface area contributed by atoms with E-state index in [1.54, 1.807) is 18.3 Å². The van der Waals surface area contributed by atoms with Crippen LogP contribution in [0.1, 0.15) is 18.7 Å². The minimum absolute atomic E-state index is 0.0384. The lowest BCUT2D eigenvalue weighted by molar-refractivity contribution is 0.628. The Morgan fingerprint density at radius 1 is 1.28 bits per heavy atom. The molecule has 2 N–H and O–H groups in total. The molecule has 0 amide bonds. The maximum atomic E-state index is 13.2. The fourth-order valence-corrected chi connectivity index (χ4v) is 2.09. The zero-order valence-electron chi connectivity index (χ0n) is 9.94. The lowest BCUT2D eigenvalue weighted by Gasteiger charge is -2.11. The molecule has 0 unspecified atom stereocenters. The van der Waals surface area contributed by atoms with E-state index < -0.39 is 0 Å². The summed E-state index contributed by atoms with van der Waals surface area (Å²) in [4.78, 5) is 8.84. The van der Waals surface area contributed by atoms with E-state index in [-0.39, 0.29) is 11.2 Å². The largest absolute Gasteiger partial charge is 0.329 e. The first-order chi connectivity index (χ1) is 8.73. The SMILES string of the molecule is NCC1(c2nccc(-c3cccc(F)c3)n2)CC1. The Balaban J connectivity index is 2.01. The van der Waals surface area contributed by atoms with Gasteiger partial charge >= 0.3 is 0 Å². The van der Waals surface area contributed by atoms with Gasteiger partial charge in [-0.15, -0.1) is 0 Å². The molecule has 92 valence electrons. The van der Waals surface area contributed by atoms with Crippen molar-refractivity contribution in [3.05, 3.63) is 48.2 Å². The van der Waals surface area contributed by atoms with Crippen LogP contribution < -0.4 is 5.73 Å². The Bertz CT molecular complexity index is 579. The van der Waals surface area contributed by atoms with Gasteiger partial charge in [0.25, 0.3) is 0 Å². The summed E-state index contributed by atoms with van der Waals surface area (Å²) in [5.41, 5.74) is 7.25. The molecular formula is C14H14FN3. The van der Waals surface area contributed by atoms with Crippen molar-refractivity contribution in [2.75, 3.05) is 6.54 Å². The van der Waals surface area contributed by atoms with Crippen LogP contribution in [0.4, 0.5) is 4.39 Å². The standard InChI is InChI=1S/C14H14FN3/c15-11-3-1-2-10(8-11)12-4-7-17-13(18-12)14(9-16)5-6-14/h1-4,7-8H,5-6,9,16H2. The van der Waals surface area contributed by atoms with E-state index in [1.165, 1.54) is 12.1 Å². The Hall–Kier alpha value is -1.81. The quantitative estimate of drug-likeness (QED) is 0.899. The van der Waals surface area contributed by atoms with Gasteiger partial charge in [0.1, 0.15) is 11.6 Å². The van der Waals surface area contributed by atoms with Crippen LogP contribution in [-0.2, 0) is 5.41 Å². The average molecular weight is 243 g/mol. The highest BCUT2D eigenvalue weighted by Gasteiger charge is 2.45. The number of benzene rings is 1. The van der Waals surface area contributed by atoms with Gasteiger partial charge in [-0.1, -0.05) is 12.1 Å². The van der Waals surface area contributed by atoms with E-state index in [1.807, 2.05) is 6.07 Å². The van der Waals surface area contributed by atoms with Crippen LogP contribution in [0, 0.1) is 5.82 Å². The number of aromatic nitrogens is 2. The second kappa shape index (κ2) is 4.14. The van der Waals surface area contributed by atoms with Gasteiger partial charge in [0, 0.05) is 23.7 Å². The summed E-state index contributed by atoms with van der Waals surface area (Å²) in [6.07, 6.45) is 3.80. The van der Waals surface area contributed by atoms with Gasteiger partial charge in [0.05, 0.1) is 5.69 Å². The molecule has 0 saturated heterocycles. The summed E-state index contributed by atoms with van der Waals surface area (Å²) in [6, 6.07) is 8.23. The first-order valence-electron chi connectivity index (χ1n) is 6.03. The second-order valence-corrected chi connectivity index (χ2v) is 4.76. The molecule has 1 aliphatic carbocycles. The molecule has 1 aromatic carbocycles. The average Bonchev–Trinajstić information content (AvgIpc) is 3.20. The van der Waals surface area contributed by atoms with E-state index in [0.717, 1.165) is 29.9 Å². The van der Waals surface area contributed by atoms with Crippen LogP contribution in [0.2, 0.25) is 0 Å². The first kappa shape index (κ1) is 11.3. The third kappa shape index (κ3) is 1.88. The predicted molar refractivity (Wildman–Crippen MR) is 67.4 cm³/mol. The van der Waals surface area contributed by atoms with Crippen molar-refractivity contribution in [3.8, 4) is 11.3 Å². The van der Waals surface area contributed by atoms with Crippen molar-refractivity contribution >= 4 is 0 Å². The normalized spacial score (nSPS) is 16.6. The highest BCUT2D eigenvalue weighted by atomic mass is 19.1. The molecule has 3 rings (SSSR count). The molecule has 3 nitrogen and oxygen atoms in total. The van der Waals surface area contributed by atoms with E-state index in [2.05, 4.69) is 9.97 Å². The summed E-state index contributed by atoms with van der Waals surface area (Å²) in [5, 5.41) is 0. The number of rotatable bonds is 3. The van der Waals surface area contributed by atoms with Gasteiger partial charge in [0.2, 0.25) is 0 Å². The van der Waals surface area contributed by atoms with Crippen LogP contribution in [0.15, 0.2) is 36.5 Å². The van der Waals surface area contributed by atoms with Crippen molar-refractivity contribution < 1.29 is 4.39 Å². The molecule has 1 saturated carbocycles. The van der Waals surface area contributed by atoms with Gasteiger partial charge in [-0.2, -0.15) is 0 Å². The van der Waals surface area contributed by atoms with Gasteiger partial charge in [-0.25, -0.2) is 14.4 Å². The Labute approximate surface area is 105 Å². The van der Waals surface area contributed by atoms with Gasteiger partial charge in [0.15, 0.2) is 0 Å². The third-order valence-corrected chi connectivity index (χ3v) is 3.49. The van der Waals surface area contributed by atoms with E-state index in [0.29, 0.717) is 6.54 Å². The smallest absolute Gasteiger partial charge is 0.136 e. The van der Waals surface area contributed by atoms with Gasteiger partial charge < -0.3 is 5.73 Å². The first-order valence-corrected chi connectivity index (χ1v) is 6.03. The molecule has 0 bridgehead atoms. The Morgan fingerprint density at radius 2 is 2.11 bits per heavy atom. The van der Waals surface area contributed by atoms with Gasteiger partial charge in [-0.3, -0.25) is 0 Å². The molecule has 0 radical (unpaired) electrons. The molecule has 2 aromatic rings. The van der Waals surface area contributed by atoms with Crippen LogP contribution in [-0.4, -0.2) is 16.5 Å². The maximum absolute atomic E-state index is 13.2. The zero-order valence-corrected chi connectivity index (χ0v) is 9.94. The fourth-order valence-electron chi connectivity index (χ4n) is 2.09. The highest BCUT2D eigenvalue weighted by molar-refractivity contribution is 5.58. The van der Waals surface area contributed by atoms with Crippen LogP contribution >= 0.6 is 0 Å². The molecule has 1 heterocycles. The molecule has 0 atom stereocenters. The van der Waals surface area contributed by atoms with Crippen molar-refractivity contribution in [1.29, 1.82) is 0 Å². The minimum Gasteiger partial charge on any atom is -0.329 e. The second-order valence-electron chi connectivity index (χ2n) is 4.76. The molecule has 1 aromatic heterocycles. The van der Waals surface area contributed by atoms with Gasteiger partial charge in [-0.05, 0) is 31.0 Å². The van der Waals surface area contributed by atoms with Crippen molar-refractivity contribution in [2.24, 2.45) is 5.73 Å². The van der Waals surface area contributed by atoms with Crippen molar-refractivity contribution in [2.45, 2.75) is 18.3 Å². The lowest BCUT2D eigenvalue weighted by Crippen LogP contribution is -2.22. The number of hydrogen-bond acceptors (Lipinski definition) is 3. The van der Waals surface area contributed by atoms with Crippen LogP contribution in [0.3, 0.4) is 0 Å². The van der Waals surface area contributed by atoms with Crippen LogP contribution in [0.25, 0.3) is 11.3 Å². The molecule has 18 heavy (non-hydrogen) atoms. The Morgan fingerprint density at radius 3 is 2.78 bits per heavy atom. The molecule has 1 aliphatic rings. The molecule has 0 spiro atoms. The highest BCUT2D eigenvalue weighted by Crippen LogP contribution is 2.45. The Kier molecular flexibility index (Phi) is 2.59.